The molecular formula is C19H28N4O3S2. The molecule has 0 N–H and O–H groups in total. The number of carbonyl (C=O) groups excluding carboxylic acids is 2. The Morgan fingerprint density at radius 2 is 2.04 bits per heavy atom. The fraction of sp³-hybridized carbons (Fsp3) is 0.737. The second-order valence-electron chi connectivity index (χ2n) is 7.89. The second-order valence-corrected chi connectivity index (χ2v) is 9.97. The van der Waals surface area contributed by atoms with E-state index in [1.54, 1.807) is 11.3 Å². The van der Waals surface area contributed by atoms with Crippen molar-refractivity contribution in [2.45, 2.75) is 24.1 Å². The molecule has 4 heterocycles. The van der Waals surface area contributed by atoms with Crippen molar-refractivity contribution in [3.8, 4) is 0 Å². The summed E-state index contributed by atoms with van der Waals surface area (Å²) >= 11 is 3.08. The lowest BCUT2D eigenvalue weighted by Crippen LogP contribution is -2.44. The lowest BCUT2D eigenvalue weighted by atomic mass is 9.85. The summed E-state index contributed by atoms with van der Waals surface area (Å²) < 4.78 is 6.32. The summed E-state index contributed by atoms with van der Waals surface area (Å²) in [6.45, 7) is 9.22. The summed E-state index contributed by atoms with van der Waals surface area (Å²) in [5.41, 5.74) is 0.650. The van der Waals surface area contributed by atoms with Crippen LogP contribution in [-0.4, -0.2) is 96.3 Å². The van der Waals surface area contributed by atoms with Gasteiger partial charge in [-0.1, -0.05) is 11.8 Å². The van der Waals surface area contributed by atoms with Gasteiger partial charge in [-0.15, -0.1) is 11.3 Å². The topological polar surface area (TPSA) is 66.0 Å². The van der Waals surface area contributed by atoms with E-state index < -0.39 is 0 Å². The molecule has 3 aliphatic rings. The first-order chi connectivity index (χ1) is 13.6. The van der Waals surface area contributed by atoms with E-state index in [-0.39, 0.29) is 17.2 Å². The summed E-state index contributed by atoms with van der Waals surface area (Å²) in [7, 11) is 0. The quantitative estimate of drug-likeness (QED) is 0.642. The number of hydrogen-bond donors (Lipinski definition) is 0. The number of morpholine rings is 1. The van der Waals surface area contributed by atoms with E-state index in [0.29, 0.717) is 18.8 Å². The molecule has 3 aliphatic heterocycles. The van der Waals surface area contributed by atoms with Gasteiger partial charge in [-0.05, 0) is 19.8 Å². The highest BCUT2D eigenvalue weighted by Crippen LogP contribution is 2.41. The summed E-state index contributed by atoms with van der Waals surface area (Å²) in [5, 5.41) is 2.00. The Morgan fingerprint density at radius 3 is 2.79 bits per heavy atom. The van der Waals surface area contributed by atoms with Gasteiger partial charge in [0.05, 0.1) is 24.4 Å². The third kappa shape index (κ3) is 4.37. The average molecular weight is 425 g/mol. The zero-order chi connectivity index (χ0) is 19.6. The summed E-state index contributed by atoms with van der Waals surface area (Å²) in [5.74, 6) is 0.770. The maximum Gasteiger partial charge on any atom is 0.233 e. The summed E-state index contributed by atoms with van der Waals surface area (Å²) in [6.07, 6.45) is 1.67. The van der Waals surface area contributed by atoms with Crippen LogP contribution in [-0.2, 0) is 14.3 Å². The van der Waals surface area contributed by atoms with Crippen molar-refractivity contribution in [3.05, 3.63) is 11.1 Å². The van der Waals surface area contributed by atoms with E-state index >= 15 is 0 Å². The summed E-state index contributed by atoms with van der Waals surface area (Å²) in [4.78, 5) is 36.4. The van der Waals surface area contributed by atoms with Crippen molar-refractivity contribution in [1.29, 1.82) is 0 Å². The number of carbonyl (C=O) groups is 2. The number of hydrogen-bond acceptors (Lipinski definition) is 7. The minimum Gasteiger partial charge on any atom is -0.379 e. The highest BCUT2D eigenvalue weighted by atomic mass is 32.2. The van der Waals surface area contributed by atoms with Gasteiger partial charge in [-0.25, -0.2) is 4.98 Å². The highest BCUT2D eigenvalue weighted by Gasteiger charge is 2.51. The molecule has 0 saturated carbocycles. The Hall–Kier alpha value is -1.16. The van der Waals surface area contributed by atoms with Gasteiger partial charge in [0.25, 0.3) is 0 Å². The molecule has 154 valence electrons. The van der Waals surface area contributed by atoms with Gasteiger partial charge in [-0.2, -0.15) is 0 Å². The van der Waals surface area contributed by atoms with Gasteiger partial charge in [0.15, 0.2) is 4.34 Å². The molecule has 9 heteroatoms. The maximum atomic E-state index is 13.1. The number of likely N-dealkylation sites (tertiary alicyclic amines) is 2. The third-order valence-electron chi connectivity index (χ3n) is 6.01. The molecule has 0 aromatic carbocycles. The van der Waals surface area contributed by atoms with E-state index in [2.05, 4.69) is 9.88 Å². The van der Waals surface area contributed by atoms with Gasteiger partial charge in [0.1, 0.15) is 0 Å². The van der Waals surface area contributed by atoms with Crippen LogP contribution in [0.1, 0.15) is 18.5 Å². The van der Waals surface area contributed by atoms with Crippen LogP contribution in [0.3, 0.4) is 0 Å². The van der Waals surface area contributed by atoms with Crippen molar-refractivity contribution in [2.75, 3.05) is 64.8 Å². The largest absolute Gasteiger partial charge is 0.379 e. The average Bonchev–Trinajstić information content (AvgIpc) is 3.41. The van der Waals surface area contributed by atoms with E-state index in [4.69, 9.17) is 4.74 Å². The van der Waals surface area contributed by atoms with Crippen molar-refractivity contribution in [1.82, 2.24) is 19.7 Å². The van der Waals surface area contributed by atoms with Gasteiger partial charge in [0.2, 0.25) is 11.8 Å². The van der Waals surface area contributed by atoms with Crippen molar-refractivity contribution >= 4 is 34.9 Å². The molecule has 1 aromatic rings. The number of aryl methyl sites for hydroxylation is 1. The Balaban J connectivity index is 1.26. The van der Waals surface area contributed by atoms with Crippen LogP contribution in [0.5, 0.6) is 0 Å². The standard InChI is InChI=1S/C19H28N4O3S2/c1-15-12-27-18(20-15)28-13-16(24)23-5-3-19(14-23)2-4-22(17(19)25)7-6-21-8-10-26-11-9-21/h12H,2-11,13-14H2,1H3. The number of nitrogens with zero attached hydrogens (tertiary/aromatic N) is 4. The van der Waals surface area contributed by atoms with Crippen LogP contribution in [0.15, 0.2) is 9.72 Å². The fourth-order valence-corrected chi connectivity index (χ4v) is 6.02. The Labute approximate surface area is 174 Å². The molecule has 0 aliphatic carbocycles. The molecule has 1 unspecified atom stereocenters. The van der Waals surface area contributed by atoms with Crippen molar-refractivity contribution in [2.24, 2.45) is 5.41 Å². The minimum atomic E-state index is -0.344. The van der Waals surface area contributed by atoms with Gasteiger partial charge in [-0.3, -0.25) is 14.5 Å². The molecule has 2 amide bonds. The van der Waals surface area contributed by atoms with Crippen molar-refractivity contribution in [3.63, 3.8) is 0 Å². The molecule has 3 saturated heterocycles. The Morgan fingerprint density at radius 1 is 1.25 bits per heavy atom. The minimum absolute atomic E-state index is 0.120. The van der Waals surface area contributed by atoms with E-state index in [0.717, 1.165) is 68.8 Å². The number of thiazole rings is 1. The molecule has 1 aromatic heterocycles. The number of thioether (sulfide) groups is 1. The van der Waals surface area contributed by atoms with E-state index in [9.17, 15) is 9.59 Å². The third-order valence-corrected chi connectivity index (χ3v) is 8.14. The van der Waals surface area contributed by atoms with Crippen LogP contribution < -0.4 is 0 Å². The van der Waals surface area contributed by atoms with Crippen LogP contribution in [0, 0.1) is 12.3 Å². The molecule has 1 spiro atoms. The number of ether oxygens (including phenoxy) is 1. The zero-order valence-corrected chi connectivity index (χ0v) is 18.0. The van der Waals surface area contributed by atoms with Crippen LogP contribution in [0.25, 0.3) is 0 Å². The number of aromatic nitrogens is 1. The molecule has 0 bridgehead atoms. The van der Waals surface area contributed by atoms with Gasteiger partial charge < -0.3 is 14.5 Å². The lowest BCUT2D eigenvalue weighted by molar-refractivity contribution is -0.136. The van der Waals surface area contributed by atoms with Crippen LogP contribution >= 0.6 is 23.1 Å². The molecule has 4 rings (SSSR count). The monoisotopic (exact) mass is 424 g/mol. The number of amides is 2. The van der Waals surface area contributed by atoms with Crippen LogP contribution in [0.4, 0.5) is 0 Å². The molecular weight excluding hydrogens is 396 g/mol. The fourth-order valence-electron chi connectivity index (χ4n) is 4.27. The molecule has 1 atom stereocenters. The van der Waals surface area contributed by atoms with Gasteiger partial charge >= 0.3 is 0 Å². The molecule has 28 heavy (non-hydrogen) atoms. The van der Waals surface area contributed by atoms with E-state index in [1.165, 1.54) is 11.8 Å². The molecule has 0 radical (unpaired) electrons. The Bertz CT molecular complexity index is 722. The smallest absolute Gasteiger partial charge is 0.233 e. The lowest BCUT2D eigenvalue weighted by Gasteiger charge is -2.29. The highest BCUT2D eigenvalue weighted by molar-refractivity contribution is 8.01. The van der Waals surface area contributed by atoms with Crippen molar-refractivity contribution < 1.29 is 14.3 Å². The van der Waals surface area contributed by atoms with E-state index in [1.807, 2.05) is 22.1 Å². The molecule has 7 nitrogen and oxygen atoms in total. The predicted molar refractivity (Wildman–Crippen MR) is 110 cm³/mol. The number of rotatable bonds is 6. The zero-order valence-electron chi connectivity index (χ0n) is 16.4. The normalized spacial score (nSPS) is 26.0. The molecule has 3 fully saturated rings. The SMILES string of the molecule is Cc1csc(SCC(=O)N2CCC3(CCN(CCN4CCOCC4)C3=O)C2)n1. The second kappa shape index (κ2) is 8.69. The Kier molecular flexibility index (Phi) is 6.24. The van der Waals surface area contributed by atoms with Crippen LogP contribution in [0.2, 0.25) is 0 Å². The maximum absolute atomic E-state index is 13.1. The predicted octanol–water partition coefficient (Wildman–Crippen LogP) is 1.33. The first-order valence-corrected chi connectivity index (χ1v) is 11.8. The first-order valence-electron chi connectivity index (χ1n) is 9.98. The van der Waals surface area contributed by atoms with Gasteiger partial charge in [0, 0.05) is 56.9 Å². The summed E-state index contributed by atoms with van der Waals surface area (Å²) in [6, 6.07) is 0. The first kappa shape index (κ1) is 20.1.